The lowest BCUT2D eigenvalue weighted by Crippen LogP contribution is -2.45. The Balaban J connectivity index is 4.27. The van der Waals surface area contributed by atoms with E-state index in [0.29, 0.717) is 17.4 Å². The van der Waals surface area contributed by atoms with E-state index in [0.717, 1.165) is 116 Å². The van der Waals surface area contributed by atoms with Crippen LogP contribution in [-0.2, 0) is 18.4 Å². The average molecular weight is 1080 g/mol. The molecule has 0 fully saturated rings. The van der Waals surface area contributed by atoms with E-state index in [2.05, 4.69) is 129 Å². The first-order valence-corrected chi connectivity index (χ1v) is 32.4. The molecule has 8 nitrogen and oxygen atoms in total. The van der Waals surface area contributed by atoms with Crippen molar-refractivity contribution in [3.05, 3.63) is 122 Å². The quantitative estimate of drug-likeness (QED) is 0.0243. The van der Waals surface area contributed by atoms with Crippen molar-refractivity contribution in [1.29, 1.82) is 0 Å². The molecule has 0 saturated carbocycles. The first-order chi connectivity index (χ1) is 37.0. The third-order valence-electron chi connectivity index (χ3n) is 13.2. The monoisotopic (exact) mass is 1080 g/mol. The Bertz CT molecular complexity index is 1650. The number of likely N-dealkylation sites (N-methyl/N-ethyl adjacent to an activating group) is 1. The summed E-state index contributed by atoms with van der Waals surface area (Å²) in [6.45, 7) is 4.69. The Hall–Kier alpha value is -3.10. The van der Waals surface area contributed by atoms with Crippen molar-refractivity contribution in [3.8, 4) is 0 Å². The molecule has 0 saturated heterocycles. The molecule has 0 aromatic rings. The number of carbonyl (C=O) groups is 1. The molecule has 0 aromatic heterocycles. The number of rotatable bonds is 55. The number of amides is 1. The third kappa shape index (κ3) is 58.6. The van der Waals surface area contributed by atoms with Gasteiger partial charge in [0.1, 0.15) is 13.2 Å². The van der Waals surface area contributed by atoms with E-state index in [4.69, 9.17) is 9.05 Å². The molecule has 436 valence electrons. The molecule has 3 atom stereocenters. The van der Waals surface area contributed by atoms with Crippen LogP contribution in [0.1, 0.15) is 245 Å². The number of allylic oxidation sites excluding steroid dienone is 19. The first-order valence-electron chi connectivity index (χ1n) is 30.9. The fourth-order valence-electron chi connectivity index (χ4n) is 8.39. The summed E-state index contributed by atoms with van der Waals surface area (Å²) in [5.74, 6) is -0.199. The van der Waals surface area contributed by atoms with Gasteiger partial charge in [0.15, 0.2) is 0 Å². The Morgan fingerprint density at radius 2 is 0.789 bits per heavy atom. The van der Waals surface area contributed by atoms with Gasteiger partial charge in [-0.1, -0.05) is 270 Å². The summed E-state index contributed by atoms with van der Waals surface area (Å²) in [6, 6.07) is -0.867. The second kappa shape index (κ2) is 56.6. The van der Waals surface area contributed by atoms with Crippen molar-refractivity contribution < 1.29 is 32.9 Å². The van der Waals surface area contributed by atoms with E-state index in [9.17, 15) is 19.4 Å². The van der Waals surface area contributed by atoms with Crippen LogP contribution >= 0.6 is 7.82 Å². The first kappa shape index (κ1) is 72.9. The predicted molar refractivity (Wildman–Crippen MR) is 332 cm³/mol. The summed E-state index contributed by atoms with van der Waals surface area (Å²) in [4.78, 5) is 23.3. The summed E-state index contributed by atoms with van der Waals surface area (Å²) in [5.41, 5.74) is 0. The van der Waals surface area contributed by atoms with Gasteiger partial charge in [0.25, 0.3) is 0 Å². The molecule has 3 N–H and O–H groups in total. The van der Waals surface area contributed by atoms with Gasteiger partial charge in [-0.05, 0) is 89.9 Å². The fraction of sp³-hybridized carbons (Fsp3) is 0.687. The molecule has 0 radical (unpaired) electrons. The van der Waals surface area contributed by atoms with E-state index in [-0.39, 0.29) is 19.1 Å². The molecular weight excluding hydrogens is 960 g/mol. The SMILES string of the molecule is CC/C=C\C/C=C\C/C=C\C/C=C\C/C=C\C/C=C\C/C=C\C/C=C\C/C=C\CCCCCCCC(=O)NC(COP(=O)(O)OCC[N+](C)(C)C)C(O)/C=C/CCCCCCCCCCCCCCCCCCCCC. The molecule has 0 heterocycles. The minimum atomic E-state index is -4.36. The highest BCUT2D eigenvalue weighted by Crippen LogP contribution is 2.43. The summed E-state index contributed by atoms with van der Waals surface area (Å²) < 4.78 is 23.7. The summed E-state index contributed by atoms with van der Waals surface area (Å²) >= 11 is 0. The molecule has 0 aliphatic carbocycles. The summed E-state index contributed by atoms with van der Waals surface area (Å²) in [7, 11) is 1.54. The zero-order chi connectivity index (χ0) is 55.6. The number of nitrogens with one attached hydrogen (secondary N) is 1. The van der Waals surface area contributed by atoms with Gasteiger partial charge in [-0.25, -0.2) is 4.57 Å². The van der Waals surface area contributed by atoms with Crippen molar-refractivity contribution in [2.45, 2.75) is 257 Å². The lowest BCUT2D eigenvalue weighted by atomic mass is 10.0. The molecular formula is C67H118N2O6P+. The van der Waals surface area contributed by atoms with Crippen LogP contribution < -0.4 is 5.32 Å². The lowest BCUT2D eigenvalue weighted by Gasteiger charge is -2.25. The zero-order valence-corrected chi connectivity index (χ0v) is 50.6. The summed E-state index contributed by atoms with van der Waals surface area (Å²) in [6.07, 6.45) is 84.4. The second-order valence-corrected chi connectivity index (χ2v) is 23.2. The van der Waals surface area contributed by atoms with Gasteiger partial charge in [0.05, 0.1) is 39.9 Å². The maximum absolute atomic E-state index is 13.0. The molecule has 0 aliphatic heterocycles. The zero-order valence-electron chi connectivity index (χ0n) is 49.7. The minimum Gasteiger partial charge on any atom is -0.387 e. The van der Waals surface area contributed by atoms with Crippen LogP contribution in [0.2, 0.25) is 0 Å². The van der Waals surface area contributed by atoms with E-state index >= 15 is 0 Å². The normalized spacial score (nSPS) is 14.7. The number of carbonyl (C=O) groups excluding carboxylic acids is 1. The second-order valence-electron chi connectivity index (χ2n) is 21.7. The van der Waals surface area contributed by atoms with Gasteiger partial charge in [-0.2, -0.15) is 0 Å². The number of hydrogen-bond acceptors (Lipinski definition) is 5. The van der Waals surface area contributed by atoms with Gasteiger partial charge in [-0.15, -0.1) is 0 Å². The van der Waals surface area contributed by atoms with Crippen LogP contribution in [0.25, 0.3) is 0 Å². The average Bonchev–Trinajstić information content (AvgIpc) is 3.38. The molecule has 0 spiro atoms. The molecule has 3 unspecified atom stereocenters. The van der Waals surface area contributed by atoms with Crippen LogP contribution in [0.15, 0.2) is 122 Å². The number of hydrogen-bond donors (Lipinski definition) is 3. The largest absolute Gasteiger partial charge is 0.472 e. The van der Waals surface area contributed by atoms with E-state index in [1.807, 2.05) is 27.2 Å². The van der Waals surface area contributed by atoms with Gasteiger partial charge >= 0.3 is 7.82 Å². The van der Waals surface area contributed by atoms with Gasteiger partial charge in [0, 0.05) is 6.42 Å². The minimum absolute atomic E-state index is 0.0512. The molecule has 9 heteroatoms. The highest BCUT2D eigenvalue weighted by Gasteiger charge is 2.27. The fourth-order valence-corrected chi connectivity index (χ4v) is 9.12. The maximum atomic E-state index is 13.0. The number of nitrogens with zero attached hydrogens (tertiary/aromatic N) is 1. The molecule has 1 amide bonds. The van der Waals surface area contributed by atoms with E-state index in [1.165, 1.54) is 109 Å². The van der Waals surface area contributed by atoms with Crippen molar-refractivity contribution in [3.63, 3.8) is 0 Å². The van der Waals surface area contributed by atoms with E-state index < -0.39 is 20.0 Å². The van der Waals surface area contributed by atoms with Crippen LogP contribution in [0, 0.1) is 0 Å². The molecule has 76 heavy (non-hydrogen) atoms. The highest BCUT2D eigenvalue weighted by molar-refractivity contribution is 7.47. The number of phosphoric ester groups is 1. The smallest absolute Gasteiger partial charge is 0.387 e. The molecule has 0 rings (SSSR count). The number of phosphoric acid groups is 1. The van der Waals surface area contributed by atoms with Crippen LogP contribution in [0.4, 0.5) is 0 Å². The van der Waals surface area contributed by atoms with Crippen molar-refractivity contribution in [1.82, 2.24) is 5.32 Å². The third-order valence-corrected chi connectivity index (χ3v) is 14.2. The maximum Gasteiger partial charge on any atom is 0.472 e. The van der Waals surface area contributed by atoms with Crippen LogP contribution in [0.3, 0.4) is 0 Å². The predicted octanol–water partition coefficient (Wildman–Crippen LogP) is 19.3. The Kier molecular flexibility index (Phi) is 54.3. The number of aliphatic hydroxyl groups is 1. The Morgan fingerprint density at radius 1 is 0.461 bits per heavy atom. The van der Waals surface area contributed by atoms with Gasteiger partial charge in [0.2, 0.25) is 5.91 Å². The molecule has 0 aliphatic rings. The number of quaternary nitrogens is 1. The van der Waals surface area contributed by atoms with E-state index in [1.54, 1.807) is 6.08 Å². The molecule has 0 bridgehead atoms. The number of unbranched alkanes of at least 4 members (excludes halogenated alkanes) is 24. The topological polar surface area (TPSA) is 105 Å². The van der Waals surface area contributed by atoms with Crippen molar-refractivity contribution in [2.24, 2.45) is 0 Å². The standard InChI is InChI=1S/C67H117N2O6P/c1-6-8-10-12-14-16-18-20-22-24-26-28-29-30-31-32-33-34-35-36-37-38-39-41-43-45-47-49-51-53-55-57-59-61-67(71)68-65(64-75-76(72,73)74-63-62-69(3,4)5)66(70)60-58-56-54-52-50-48-46-44-42-40-27-25-23-21-19-17-15-13-11-9-7-2/h8,10,14,16,20,22,26,28,30-31,33-34,36-37,39,41,45,47,58,60,65-66,70H,6-7,9,11-13,15,17-19,21,23-25,27,29,32,35,38,40,42-44,46,48-57,59,61-64H2,1-5H3,(H-,68,71,72,73)/p+1/b10-8-,16-14-,22-20-,28-26-,31-30-,34-33-,37-36-,41-39-,47-45-,60-58+. The summed E-state index contributed by atoms with van der Waals surface area (Å²) in [5, 5.41) is 13.9. The Morgan fingerprint density at radius 3 is 1.16 bits per heavy atom. The van der Waals surface area contributed by atoms with Crippen LogP contribution in [0.5, 0.6) is 0 Å². The van der Waals surface area contributed by atoms with Gasteiger partial charge in [-0.3, -0.25) is 13.8 Å². The van der Waals surface area contributed by atoms with Crippen molar-refractivity contribution >= 4 is 13.7 Å². The van der Waals surface area contributed by atoms with Crippen LogP contribution in [-0.4, -0.2) is 73.4 Å². The lowest BCUT2D eigenvalue weighted by molar-refractivity contribution is -0.870. The Labute approximate surface area is 469 Å². The highest BCUT2D eigenvalue weighted by atomic mass is 31.2. The molecule has 0 aromatic carbocycles. The van der Waals surface area contributed by atoms with Crippen molar-refractivity contribution in [2.75, 3.05) is 40.9 Å². The van der Waals surface area contributed by atoms with Gasteiger partial charge < -0.3 is 19.8 Å². The number of aliphatic hydroxyl groups excluding tert-OH is 1.